The van der Waals surface area contributed by atoms with E-state index in [0.29, 0.717) is 25.0 Å². The molecule has 1 aromatic carbocycles. The second-order valence-electron chi connectivity index (χ2n) is 11.1. The highest BCUT2D eigenvalue weighted by molar-refractivity contribution is 7.89. The second kappa shape index (κ2) is 14.3. The van der Waals surface area contributed by atoms with Gasteiger partial charge in [0, 0.05) is 19.6 Å². The van der Waals surface area contributed by atoms with Gasteiger partial charge in [0.1, 0.15) is 11.8 Å². The summed E-state index contributed by atoms with van der Waals surface area (Å²) < 4.78 is 76.1. The number of alkyl halides is 3. The van der Waals surface area contributed by atoms with Gasteiger partial charge >= 0.3 is 6.18 Å². The van der Waals surface area contributed by atoms with Crippen LogP contribution in [-0.2, 0) is 19.6 Å². The van der Waals surface area contributed by atoms with E-state index in [0.717, 1.165) is 22.5 Å². The van der Waals surface area contributed by atoms with Crippen molar-refractivity contribution in [1.29, 1.82) is 0 Å². The molecule has 2 bridgehead atoms. The summed E-state index contributed by atoms with van der Waals surface area (Å²) in [6, 6.07) is 3.68. The van der Waals surface area contributed by atoms with Gasteiger partial charge in [-0.3, -0.25) is 4.79 Å². The summed E-state index contributed by atoms with van der Waals surface area (Å²) >= 11 is 0. The van der Waals surface area contributed by atoms with Gasteiger partial charge in [0.2, 0.25) is 15.9 Å². The number of methoxy groups -OCH3 is 1. The average Bonchev–Trinajstić information content (AvgIpc) is 3.24. The Balaban J connectivity index is 1.87. The van der Waals surface area contributed by atoms with Crippen LogP contribution in [0.25, 0.3) is 0 Å². The Labute approximate surface area is 240 Å². The lowest BCUT2D eigenvalue weighted by Gasteiger charge is -2.32. The summed E-state index contributed by atoms with van der Waals surface area (Å²) in [7, 11) is -1.68. The van der Waals surface area contributed by atoms with E-state index in [-0.39, 0.29) is 37.6 Å². The molecule has 13 heteroatoms. The Bertz CT molecular complexity index is 1160. The number of likely N-dealkylation sites (N-methyl/N-ethyl adjacent to an activating group) is 1. The molecule has 3 N–H and O–H groups in total. The average molecular weight is 606 g/mol. The molecule has 0 aromatic heterocycles. The van der Waals surface area contributed by atoms with Gasteiger partial charge in [-0.1, -0.05) is 32.1 Å². The third-order valence-corrected chi connectivity index (χ3v) is 9.40. The number of nitrogens with one attached hydrogen (secondary N) is 2. The third kappa shape index (κ3) is 9.40. The molecule has 0 saturated heterocycles. The van der Waals surface area contributed by atoms with Crippen molar-refractivity contribution in [2.45, 2.75) is 82.5 Å². The van der Waals surface area contributed by atoms with Crippen LogP contribution in [0.1, 0.15) is 69.2 Å². The van der Waals surface area contributed by atoms with Crippen LogP contribution < -0.4 is 15.4 Å². The molecule has 1 aromatic rings. The lowest BCUT2D eigenvalue weighted by molar-refractivity contribution is -0.130. The summed E-state index contributed by atoms with van der Waals surface area (Å²) in [5, 5.41) is 17.4. The van der Waals surface area contributed by atoms with Crippen molar-refractivity contribution in [3.05, 3.63) is 41.5 Å². The van der Waals surface area contributed by atoms with Gasteiger partial charge in [-0.15, -0.1) is 0 Å². The minimum atomic E-state index is -4.65. The van der Waals surface area contributed by atoms with Crippen LogP contribution in [0.4, 0.5) is 13.2 Å². The molecular weight excluding hydrogens is 563 g/mol. The number of carbonyl (C=O) groups is 1. The molecule has 1 aliphatic carbocycles. The van der Waals surface area contributed by atoms with Gasteiger partial charge < -0.3 is 25.2 Å². The summed E-state index contributed by atoms with van der Waals surface area (Å²) in [5.41, 5.74) is 2.03. The number of ether oxygens (including phenoxy) is 2. The van der Waals surface area contributed by atoms with Gasteiger partial charge in [0.05, 0.1) is 44.1 Å². The number of hydrogen-bond acceptors (Lipinski definition) is 7. The molecule has 0 radical (unpaired) electrons. The molecule has 9 nitrogen and oxygen atoms in total. The number of sulfonamides is 1. The fourth-order valence-electron chi connectivity index (χ4n) is 5.27. The van der Waals surface area contributed by atoms with E-state index in [1.807, 2.05) is 32.0 Å². The van der Waals surface area contributed by atoms with Crippen LogP contribution in [-0.4, -0.2) is 81.2 Å². The maximum atomic E-state index is 13.5. The number of hydrogen-bond donors (Lipinski definition) is 3. The molecule has 5 atom stereocenters. The number of β-amino-alcohol motifs (C(OH)–C–C–N with tert-alkyl or cyclic N) is 1. The molecular formula is C28H42F3N3O6S. The zero-order chi connectivity index (χ0) is 30.4. The van der Waals surface area contributed by atoms with Crippen molar-refractivity contribution in [3.63, 3.8) is 0 Å². The van der Waals surface area contributed by atoms with Crippen LogP contribution in [0.2, 0.25) is 0 Å². The van der Waals surface area contributed by atoms with E-state index in [2.05, 4.69) is 10.6 Å². The third-order valence-electron chi connectivity index (χ3n) is 7.55. The van der Waals surface area contributed by atoms with E-state index in [1.165, 1.54) is 0 Å². The van der Waals surface area contributed by atoms with Gasteiger partial charge in [-0.2, -0.15) is 17.5 Å². The molecule has 1 aliphatic heterocycles. The van der Waals surface area contributed by atoms with E-state index in [4.69, 9.17) is 9.47 Å². The zero-order valence-corrected chi connectivity index (χ0v) is 24.8. The monoisotopic (exact) mass is 605 g/mol. The fourth-order valence-corrected chi connectivity index (χ4v) is 6.64. The smallest absolute Gasteiger partial charge is 0.390 e. The van der Waals surface area contributed by atoms with Crippen molar-refractivity contribution in [1.82, 2.24) is 14.9 Å². The summed E-state index contributed by atoms with van der Waals surface area (Å²) in [6.07, 6.45) is -2.42. The highest BCUT2D eigenvalue weighted by Crippen LogP contribution is 2.42. The Morgan fingerprint density at radius 3 is 2.61 bits per heavy atom. The zero-order valence-electron chi connectivity index (χ0n) is 24.0. The molecule has 0 fully saturated rings. The van der Waals surface area contributed by atoms with Crippen molar-refractivity contribution < 1.29 is 41.0 Å². The number of benzene rings is 1. The Morgan fingerprint density at radius 2 is 1.95 bits per heavy atom. The lowest BCUT2D eigenvalue weighted by atomic mass is 9.97. The van der Waals surface area contributed by atoms with Crippen LogP contribution in [0.3, 0.4) is 0 Å². The fraction of sp³-hybridized carbons (Fsp3) is 0.679. The van der Waals surface area contributed by atoms with Crippen LogP contribution >= 0.6 is 0 Å². The number of fused-ring (bicyclic) bond motifs is 5. The minimum absolute atomic E-state index is 0.0426. The van der Waals surface area contributed by atoms with Crippen LogP contribution in [0, 0.1) is 5.92 Å². The molecule has 41 heavy (non-hydrogen) atoms. The van der Waals surface area contributed by atoms with Crippen LogP contribution in [0.5, 0.6) is 5.75 Å². The first-order chi connectivity index (χ1) is 19.2. The standard InChI is InChI=1S/C28H42F3N3O6S/c1-18(2)14-23-25(35)17-32-22-16-26(20-10-9-19(39-4)15-21(20)22)40-12-7-5-6-8-24(27(36)33-23)34(3)41(37,38)13-11-28(29,30)31/h5,7,9-10,15,18,22-26,32,35H,6,8,11-14,16-17H2,1-4H3,(H,33,36)/b7-5+/t22-,23-,24-,25+,26+/m0/s1. The van der Waals surface area contributed by atoms with E-state index in [1.54, 1.807) is 19.3 Å². The highest BCUT2D eigenvalue weighted by Gasteiger charge is 2.37. The summed E-state index contributed by atoms with van der Waals surface area (Å²) in [5.74, 6) is -1.03. The number of carbonyl (C=O) groups excluding carboxylic acids is 1. The molecule has 0 spiro atoms. The van der Waals surface area contributed by atoms with Crippen molar-refractivity contribution >= 4 is 15.9 Å². The number of amides is 1. The largest absolute Gasteiger partial charge is 0.497 e. The minimum Gasteiger partial charge on any atom is -0.497 e. The highest BCUT2D eigenvalue weighted by atomic mass is 32.2. The number of rotatable bonds is 7. The van der Waals surface area contributed by atoms with E-state index < -0.39 is 52.5 Å². The quantitative estimate of drug-likeness (QED) is 0.407. The molecule has 2 aliphatic rings. The van der Waals surface area contributed by atoms with Crippen molar-refractivity contribution in [2.75, 3.05) is 33.1 Å². The number of aliphatic hydroxyl groups excluding tert-OH is 1. The number of halogens is 3. The molecule has 232 valence electrons. The molecule has 0 saturated carbocycles. The molecule has 1 amide bonds. The maximum Gasteiger partial charge on any atom is 0.390 e. The van der Waals surface area contributed by atoms with E-state index in [9.17, 15) is 31.5 Å². The number of nitrogens with zero attached hydrogens (tertiary/aromatic N) is 1. The Morgan fingerprint density at radius 1 is 1.22 bits per heavy atom. The number of allylic oxidation sites excluding steroid dienone is 1. The SMILES string of the molecule is COc1ccc2c(c1)[C@@H]1C[C@H]2OC/C=C/CC[C@H](N(C)S(=O)(=O)CCC(F)(F)F)C(=O)N[C@@H](CC(C)C)[C@H](O)CN1. The summed E-state index contributed by atoms with van der Waals surface area (Å²) in [6.45, 7) is 4.28. The van der Waals surface area contributed by atoms with Crippen molar-refractivity contribution in [3.8, 4) is 5.75 Å². The molecule has 0 unspecified atom stereocenters. The number of aliphatic hydroxyl groups is 1. The van der Waals surface area contributed by atoms with Gasteiger partial charge in [0.15, 0.2) is 0 Å². The molecule has 1 heterocycles. The maximum absolute atomic E-state index is 13.5. The van der Waals surface area contributed by atoms with Crippen LogP contribution in [0.15, 0.2) is 30.4 Å². The predicted molar refractivity (Wildman–Crippen MR) is 149 cm³/mol. The van der Waals surface area contributed by atoms with Crippen molar-refractivity contribution in [2.24, 2.45) is 5.92 Å². The first kappa shape index (κ1) is 33.3. The topological polar surface area (TPSA) is 117 Å². The van der Waals surface area contributed by atoms with Gasteiger partial charge in [-0.05, 0) is 54.9 Å². The Hall–Kier alpha value is -2.19. The van der Waals surface area contributed by atoms with E-state index >= 15 is 0 Å². The normalized spacial score (nSPS) is 27.5. The lowest BCUT2D eigenvalue weighted by Crippen LogP contribution is -2.55. The van der Waals surface area contributed by atoms with Gasteiger partial charge in [0.25, 0.3) is 0 Å². The first-order valence-electron chi connectivity index (χ1n) is 13.9. The predicted octanol–water partition coefficient (Wildman–Crippen LogP) is 3.61. The first-order valence-corrected chi connectivity index (χ1v) is 15.5. The second-order valence-corrected chi connectivity index (χ2v) is 13.2. The summed E-state index contributed by atoms with van der Waals surface area (Å²) in [4.78, 5) is 13.5. The van der Waals surface area contributed by atoms with Gasteiger partial charge in [-0.25, -0.2) is 8.42 Å². The Kier molecular flexibility index (Phi) is 11.6. The molecule has 3 rings (SSSR count).